The fourth-order valence-electron chi connectivity index (χ4n) is 1.69. The van der Waals surface area contributed by atoms with Crippen LogP contribution in [0, 0.1) is 5.82 Å². The van der Waals surface area contributed by atoms with E-state index < -0.39 is 5.82 Å². The van der Waals surface area contributed by atoms with Crippen LogP contribution in [-0.4, -0.2) is 15.6 Å². The van der Waals surface area contributed by atoms with Gasteiger partial charge in [0.2, 0.25) is 0 Å². The Morgan fingerprint density at radius 2 is 2.17 bits per heavy atom. The quantitative estimate of drug-likeness (QED) is 0.388. The molecule has 0 spiro atoms. The van der Waals surface area contributed by atoms with Crippen LogP contribution < -0.4 is 5.73 Å². The molecule has 2 aromatic rings. The van der Waals surface area contributed by atoms with Crippen molar-refractivity contribution in [1.29, 1.82) is 0 Å². The first kappa shape index (κ1) is 12.4. The molecule has 1 heterocycles. The summed E-state index contributed by atoms with van der Waals surface area (Å²) in [6.45, 7) is 0.255. The molecule has 0 aliphatic heterocycles. The zero-order valence-corrected chi connectivity index (χ0v) is 10.1. The molecule has 94 valence electrons. The molecule has 1 aromatic heterocycles. The maximum Gasteiger partial charge on any atom is 0.186 e. The molecule has 0 radical (unpaired) electrons. The van der Waals surface area contributed by atoms with E-state index in [2.05, 4.69) is 5.16 Å². The van der Waals surface area contributed by atoms with Crippen LogP contribution in [-0.2, 0) is 6.54 Å². The lowest BCUT2D eigenvalue weighted by Gasteiger charge is -2.09. The van der Waals surface area contributed by atoms with E-state index in [1.54, 1.807) is 35.0 Å². The summed E-state index contributed by atoms with van der Waals surface area (Å²) < 4.78 is 15.4. The maximum atomic E-state index is 13.8. The van der Waals surface area contributed by atoms with Gasteiger partial charge in [-0.05, 0) is 18.2 Å². The van der Waals surface area contributed by atoms with Crippen molar-refractivity contribution in [3.63, 3.8) is 0 Å². The average molecular weight is 268 g/mol. The first-order valence-corrected chi connectivity index (χ1v) is 5.57. The molecule has 0 saturated carbocycles. The third kappa shape index (κ3) is 2.31. The van der Waals surface area contributed by atoms with Crippen LogP contribution in [0.25, 0.3) is 0 Å². The summed E-state index contributed by atoms with van der Waals surface area (Å²) >= 11 is 5.71. The molecule has 0 bridgehead atoms. The van der Waals surface area contributed by atoms with Crippen LogP contribution in [0.5, 0.6) is 0 Å². The molecule has 0 atom stereocenters. The number of rotatable bonds is 3. The second-order valence-electron chi connectivity index (χ2n) is 3.72. The molecule has 2 rings (SSSR count). The summed E-state index contributed by atoms with van der Waals surface area (Å²) in [6.07, 6.45) is 1.72. The molecular formula is C12H11ClFN3O. The van der Waals surface area contributed by atoms with Crippen molar-refractivity contribution in [2.75, 3.05) is 0 Å². The second kappa shape index (κ2) is 5.10. The van der Waals surface area contributed by atoms with Crippen molar-refractivity contribution in [3.8, 4) is 0 Å². The van der Waals surface area contributed by atoms with Crippen molar-refractivity contribution in [3.05, 3.63) is 58.6 Å². The van der Waals surface area contributed by atoms with Gasteiger partial charge in [-0.25, -0.2) is 4.39 Å². The smallest absolute Gasteiger partial charge is 0.186 e. The first-order chi connectivity index (χ1) is 8.63. The third-order valence-electron chi connectivity index (χ3n) is 2.57. The van der Waals surface area contributed by atoms with Gasteiger partial charge in [0, 0.05) is 11.8 Å². The molecule has 0 fully saturated rings. The van der Waals surface area contributed by atoms with E-state index in [4.69, 9.17) is 22.5 Å². The van der Waals surface area contributed by atoms with Crippen molar-refractivity contribution in [2.24, 2.45) is 10.9 Å². The van der Waals surface area contributed by atoms with Crippen molar-refractivity contribution in [2.45, 2.75) is 6.54 Å². The Balaban J connectivity index is 2.35. The van der Waals surface area contributed by atoms with Gasteiger partial charge in [-0.1, -0.05) is 28.9 Å². The van der Waals surface area contributed by atoms with Crippen LogP contribution in [0.2, 0.25) is 5.02 Å². The number of nitrogens with two attached hydrogens (primary N) is 1. The Kier molecular flexibility index (Phi) is 3.53. The molecule has 18 heavy (non-hydrogen) atoms. The number of benzene rings is 1. The van der Waals surface area contributed by atoms with Gasteiger partial charge in [0.1, 0.15) is 5.82 Å². The molecule has 0 aliphatic carbocycles. The van der Waals surface area contributed by atoms with Gasteiger partial charge < -0.3 is 15.5 Å². The highest BCUT2D eigenvalue weighted by atomic mass is 35.5. The van der Waals surface area contributed by atoms with Crippen LogP contribution in [0.4, 0.5) is 4.39 Å². The van der Waals surface area contributed by atoms with Crippen LogP contribution in [0.15, 0.2) is 41.7 Å². The Hall–Kier alpha value is -2.01. The monoisotopic (exact) mass is 267 g/mol. The summed E-state index contributed by atoms with van der Waals surface area (Å²) in [6, 6.07) is 8.21. The molecular weight excluding hydrogens is 257 g/mol. The minimum Gasteiger partial charge on any atom is -0.409 e. The first-order valence-electron chi connectivity index (χ1n) is 5.19. The number of nitrogens with zero attached hydrogens (tertiary/aromatic N) is 2. The lowest BCUT2D eigenvalue weighted by Crippen LogP contribution is -2.18. The standard InChI is InChI=1S/C12H11ClFN3O/c13-9-4-1-3-8(11(9)14)7-17-6-2-5-10(17)12(15)16-18/h1-6,18H,7H2,(H2,15,16). The highest BCUT2D eigenvalue weighted by molar-refractivity contribution is 6.30. The lowest BCUT2D eigenvalue weighted by atomic mass is 10.2. The minimum absolute atomic E-state index is 0.0255. The highest BCUT2D eigenvalue weighted by Gasteiger charge is 2.10. The van der Waals surface area contributed by atoms with Crippen molar-refractivity contribution >= 4 is 17.4 Å². The Labute approximate surface area is 108 Å². The average Bonchev–Trinajstić information content (AvgIpc) is 2.82. The van der Waals surface area contributed by atoms with Crippen LogP contribution in [0.1, 0.15) is 11.3 Å². The molecule has 4 nitrogen and oxygen atoms in total. The number of amidine groups is 1. The molecule has 3 N–H and O–H groups in total. The summed E-state index contributed by atoms with van der Waals surface area (Å²) in [5, 5.41) is 11.7. The van der Waals surface area contributed by atoms with E-state index in [1.807, 2.05) is 0 Å². The Morgan fingerprint density at radius 3 is 2.89 bits per heavy atom. The minimum atomic E-state index is -0.460. The predicted molar refractivity (Wildman–Crippen MR) is 67.5 cm³/mol. The topological polar surface area (TPSA) is 63.5 Å². The lowest BCUT2D eigenvalue weighted by molar-refractivity contribution is 0.318. The van der Waals surface area contributed by atoms with E-state index in [0.29, 0.717) is 11.3 Å². The number of aromatic nitrogens is 1. The summed E-state index contributed by atoms with van der Waals surface area (Å²) in [4.78, 5) is 0. The van der Waals surface area contributed by atoms with E-state index in [9.17, 15) is 4.39 Å². The third-order valence-corrected chi connectivity index (χ3v) is 2.86. The van der Waals surface area contributed by atoms with Gasteiger partial charge in [0.15, 0.2) is 5.84 Å². The molecule has 0 unspecified atom stereocenters. The molecule has 0 aliphatic rings. The van der Waals surface area contributed by atoms with Crippen LogP contribution in [0.3, 0.4) is 0 Å². The van der Waals surface area contributed by atoms with Gasteiger partial charge in [-0.15, -0.1) is 0 Å². The van der Waals surface area contributed by atoms with Crippen LogP contribution >= 0.6 is 11.6 Å². The zero-order valence-electron chi connectivity index (χ0n) is 9.35. The number of oxime groups is 1. The fraction of sp³-hybridized carbons (Fsp3) is 0.0833. The van der Waals surface area contributed by atoms with Gasteiger partial charge >= 0.3 is 0 Å². The second-order valence-corrected chi connectivity index (χ2v) is 4.13. The van der Waals surface area contributed by atoms with Gasteiger partial charge in [0.25, 0.3) is 0 Å². The normalized spacial score (nSPS) is 11.8. The Bertz CT molecular complexity index is 595. The number of halogens is 2. The predicted octanol–water partition coefficient (Wildman–Crippen LogP) is 2.42. The maximum absolute atomic E-state index is 13.8. The van der Waals surface area contributed by atoms with E-state index >= 15 is 0 Å². The van der Waals surface area contributed by atoms with Crippen molar-refractivity contribution < 1.29 is 9.60 Å². The molecule has 0 amide bonds. The van der Waals surface area contributed by atoms with Gasteiger partial charge in [0.05, 0.1) is 17.3 Å². The summed E-state index contributed by atoms with van der Waals surface area (Å²) in [5.74, 6) is -0.485. The number of hydrogen-bond acceptors (Lipinski definition) is 2. The van der Waals surface area contributed by atoms with Gasteiger partial charge in [-0.3, -0.25) is 0 Å². The molecule has 1 aromatic carbocycles. The van der Waals surface area contributed by atoms with Gasteiger partial charge in [-0.2, -0.15) is 0 Å². The zero-order chi connectivity index (χ0) is 13.1. The molecule has 6 heteroatoms. The van der Waals surface area contributed by atoms with E-state index in [0.717, 1.165) is 0 Å². The van der Waals surface area contributed by atoms with E-state index in [-0.39, 0.29) is 17.4 Å². The number of hydrogen-bond donors (Lipinski definition) is 2. The van der Waals surface area contributed by atoms with Crippen molar-refractivity contribution in [1.82, 2.24) is 4.57 Å². The SMILES string of the molecule is N/C(=N/O)c1cccn1Cc1cccc(Cl)c1F. The highest BCUT2D eigenvalue weighted by Crippen LogP contribution is 2.19. The van der Waals surface area contributed by atoms with E-state index in [1.165, 1.54) is 6.07 Å². The molecule has 0 saturated heterocycles. The summed E-state index contributed by atoms with van der Waals surface area (Å²) in [5.41, 5.74) is 6.47. The fourth-order valence-corrected chi connectivity index (χ4v) is 1.88. The summed E-state index contributed by atoms with van der Waals surface area (Å²) in [7, 11) is 0. The largest absolute Gasteiger partial charge is 0.409 e. The Morgan fingerprint density at radius 1 is 1.39 bits per heavy atom.